The summed E-state index contributed by atoms with van der Waals surface area (Å²) in [5, 5.41) is 8.18. The van der Waals surface area contributed by atoms with Gasteiger partial charge < -0.3 is 9.80 Å². The molecular weight excluding hydrogens is 502 g/mol. The fourth-order valence-electron chi connectivity index (χ4n) is 4.36. The number of amides is 2. The molecule has 0 aliphatic carbocycles. The summed E-state index contributed by atoms with van der Waals surface area (Å²) in [6.45, 7) is 15.6. The Labute approximate surface area is 237 Å². The summed E-state index contributed by atoms with van der Waals surface area (Å²) in [6.07, 6.45) is 3.16. The predicted molar refractivity (Wildman–Crippen MR) is 164 cm³/mol. The number of aryl methyl sites for hydroxylation is 2. The van der Waals surface area contributed by atoms with Crippen molar-refractivity contribution in [1.29, 1.82) is 0 Å². The van der Waals surface area contributed by atoms with E-state index in [1.165, 1.54) is 6.07 Å². The van der Waals surface area contributed by atoms with E-state index in [4.69, 9.17) is 0 Å². The zero-order valence-electron chi connectivity index (χ0n) is 24.2. The maximum Gasteiger partial charge on any atom is 0.273 e. The number of nitrogens with zero attached hydrogens (tertiary/aromatic N) is 5. The molecule has 0 fully saturated rings. The van der Waals surface area contributed by atoms with Crippen LogP contribution >= 0.6 is 0 Å². The Kier molecular flexibility index (Phi) is 10.9. The van der Waals surface area contributed by atoms with Crippen molar-refractivity contribution in [2.75, 3.05) is 36.0 Å². The molecule has 0 saturated heterocycles. The van der Waals surface area contributed by atoms with Gasteiger partial charge in [-0.3, -0.25) is 14.6 Å². The second-order valence-electron chi connectivity index (χ2n) is 9.18. The molecule has 210 valence electrons. The molecule has 9 nitrogen and oxygen atoms in total. The topological polar surface area (TPSA) is 102 Å². The molecule has 1 aromatic heterocycles. The van der Waals surface area contributed by atoms with Crippen LogP contribution in [0.4, 0.5) is 11.4 Å². The normalized spacial score (nSPS) is 11.2. The Morgan fingerprint density at radius 3 is 1.35 bits per heavy atom. The first-order chi connectivity index (χ1) is 19.3. The third-order valence-electron chi connectivity index (χ3n) is 6.70. The second-order valence-corrected chi connectivity index (χ2v) is 9.18. The lowest BCUT2D eigenvalue weighted by molar-refractivity contribution is 0.0954. The van der Waals surface area contributed by atoms with E-state index in [1.807, 2.05) is 48.5 Å². The lowest BCUT2D eigenvalue weighted by Gasteiger charge is -2.20. The van der Waals surface area contributed by atoms with E-state index in [1.54, 1.807) is 26.3 Å². The molecule has 2 aromatic carbocycles. The van der Waals surface area contributed by atoms with Crippen molar-refractivity contribution in [3.8, 4) is 0 Å². The van der Waals surface area contributed by atoms with Gasteiger partial charge in [0.2, 0.25) is 0 Å². The van der Waals surface area contributed by atoms with Crippen molar-refractivity contribution in [3.63, 3.8) is 0 Å². The summed E-state index contributed by atoms with van der Waals surface area (Å²) in [6, 6.07) is 17.4. The average Bonchev–Trinajstić information content (AvgIpc) is 2.96. The minimum absolute atomic E-state index is 0.265. The number of anilines is 2. The van der Waals surface area contributed by atoms with E-state index >= 15 is 0 Å². The Balaban J connectivity index is 1.64. The number of hydrazone groups is 2. The average molecular weight is 542 g/mol. The van der Waals surface area contributed by atoms with Crippen LogP contribution in [0.15, 0.2) is 64.8 Å². The van der Waals surface area contributed by atoms with Crippen molar-refractivity contribution in [1.82, 2.24) is 15.8 Å². The molecule has 0 aliphatic heterocycles. The van der Waals surface area contributed by atoms with Gasteiger partial charge in [-0.05, 0) is 83.0 Å². The molecule has 0 spiro atoms. The fraction of sp³-hybridized carbons (Fsp3) is 0.323. The summed E-state index contributed by atoms with van der Waals surface area (Å²) in [7, 11) is 0. The molecule has 0 aliphatic rings. The first-order valence-corrected chi connectivity index (χ1v) is 13.7. The number of aromatic nitrogens is 1. The predicted octanol–water partition coefficient (Wildman–Crippen LogP) is 4.92. The molecule has 40 heavy (non-hydrogen) atoms. The number of rotatable bonds is 12. The quantitative estimate of drug-likeness (QED) is 0.250. The van der Waals surface area contributed by atoms with Gasteiger partial charge in [0, 0.05) is 37.6 Å². The molecule has 0 atom stereocenters. The highest BCUT2D eigenvalue weighted by atomic mass is 16.2. The van der Waals surface area contributed by atoms with Gasteiger partial charge in [0.05, 0.1) is 34.9 Å². The number of pyridine rings is 1. The molecule has 0 saturated carbocycles. The minimum atomic E-state index is -0.452. The number of carbonyl (C=O) groups is 2. The highest BCUT2D eigenvalue weighted by Gasteiger charge is 2.17. The van der Waals surface area contributed by atoms with Gasteiger partial charge in [-0.25, -0.2) is 10.9 Å². The van der Waals surface area contributed by atoms with Crippen LogP contribution < -0.4 is 20.7 Å². The first kappa shape index (κ1) is 30.0. The highest BCUT2D eigenvalue weighted by molar-refractivity contribution is 6.01. The summed E-state index contributed by atoms with van der Waals surface area (Å²) in [5.41, 5.74) is 10.6. The summed E-state index contributed by atoms with van der Waals surface area (Å²) in [4.78, 5) is 34.6. The van der Waals surface area contributed by atoms with Crippen LogP contribution in [0.3, 0.4) is 0 Å². The van der Waals surface area contributed by atoms with E-state index < -0.39 is 11.8 Å². The zero-order chi connectivity index (χ0) is 29.1. The second kappa shape index (κ2) is 14.6. The van der Waals surface area contributed by atoms with E-state index in [-0.39, 0.29) is 11.1 Å². The van der Waals surface area contributed by atoms with Gasteiger partial charge in [-0.1, -0.05) is 24.3 Å². The number of hydrogen-bond donors (Lipinski definition) is 2. The van der Waals surface area contributed by atoms with E-state index in [0.717, 1.165) is 48.7 Å². The van der Waals surface area contributed by atoms with Gasteiger partial charge in [0.25, 0.3) is 11.8 Å². The largest absolute Gasteiger partial charge is 0.372 e. The molecule has 9 heteroatoms. The van der Waals surface area contributed by atoms with E-state index in [0.29, 0.717) is 11.4 Å². The molecule has 0 radical (unpaired) electrons. The van der Waals surface area contributed by atoms with Crippen LogP contribution in [0.1, 0.15) is 70.9 Å². The molecule has 1 heterocycles. The van der Waals surface area contributed by atoms with Gasteiger partial charge in [0.1, 0.15) is 0 Å². The molecule has 0 unspecified atom stereocenters. The fourth-order valence-corrected chi connectivity index (χ4v) is 4.36. The monoisotopic (exact) mass is 541 g/mol. The van der Waals surface area contributed by atoms with Crippen molar-refractivity contribution >= 4 is 35.6 Å². The Hall–Kier alpha value is -4.53. The smallest absolute Gasteiger partial charge is 0.273 e. The van der Waals surface area contributed by atoms with Gasteiger partial charge in [-0.2, -0.15) is 10.2 Å². The lowest BCUT2D eigenvalue weighted by atomic mass is 10.1. The number of carbonyl (C=O) groups excluding carboxylic acids is 2. The Morgan fingerprint density at radius 2 is 1.02 bits per heavy atom. The molecule has 2 amide bonds. The maximum atomic E-state index is 12.8. The van der Waals surface area contributed by atoms with Crippen molar-refractivity contribution in [2.45, 2.75) is 41.5 Å². The van der Waals surface area contributed by atoms with Gasteiger partial charge in [0.15, 0.2) is 0 Å². The van der Waals surface area contributed by atoms with Crippen LogP contribution in [-0.2, 0) is 0 Å². The lowest BCUT2D eigenvalue weighted by Crippen LogP contribution is -2.24. The van der Waals surface area contributed by atoms with E-state index in [9.17, 15) is 9.59 Å². The van der Waals surface area contributed by atoms with Gasteiger partial charge in [-0.15, -0.1) is 0 Å². The number of hydrogen-bond acceptors (Lipinski definition) is 7. The van der Waals surface area contributed by atoms with Crippen LogP contribution in [0.5, 0.6) is 0 Å². The molecular formula is C31H39N7O2. The highest BCUT2D eigenvalue weighted by Crippen LogP contribution is 2.16. The van der Waals surface area contributed by atoms with Gasteiger partial charge >= 0.3 is 0 Å². The maximum absolute atomic E-state index is 12.8. The molecule has 3 rings (SSSR count). The Morgan fingerprint density at radius 1 is 0.675 bits per heavy atom. The standard InChI is InChI=1S/C31H39N7O2/c1-7-37(8-2)26-15-11-24(12-16-26)20-32-35-30(39)28-19-29(23(6)34-22(28)5)31(40)36-33-21-25-13-17-27(18-14-25)38(9-3)10-4/h11-21H,7-10H2,1-6H3,(H,35,39)(H,36,40)/b32-20-,33-21-. The SMILES string of the molecule is CCN(CC)c1ccc(/C=N\NC(=O)c2cc(C(=O)N/N=C\c3ccc(N(CC)CC)cc3)c(C)nc2C)cc1. The van der Waals surface area contributed by atoms with Crippen molar-refractivity contribution in [3.05, 3.63) is 88.2 Å². The summed E-state index contributed by atoms with van der Waals surface area (Å²) >= 11 is 0. The van der Waals surface area contributed by atoms with Crippen molar-refractivity contribution in [2.24, 2.45) is 10.2 Å². The number of benzene rings is 2. The van der Waals surface area contributed by atoms with Crippen molar-refractivity contribution < 1.29 is 9.59 Å². The third-order valence-corrected chi connectivity index (χ3v) is 6.70. The van der Waals surface area contributed by atoms with Crippen LogP contribution in [-0.4, -0.2) is 55.4 Å². The first-order valence-electron chi connectivity index (χ1n) is 13.7. The van der Waals surface area contributed by atoms with Crippen LogP contribution in [0.25, 0.3) is 0 Å². The van der Waals surface area contributed by atoms with Crippen LogP contribution in [0.2, 0.25) is 0 Å². The van der Waals surface area contributed by atoms with Crippen LogP contribution in [0, 0.1) is 13.8 Å². The Bertz CT molecular complexity index is 1240. The minimum Gasteiger partial charge on any atom is -0.372 e. The van der Waals surface area contributed by atoms with E-state index in [2.05, 4.69) is 63.5 Å². The number of nitrogens with one attached hydrogen (secondary N) is 2. The summed E-state index contributed by atoms with van der Waals surface area (Å²) in [5.74, 6) is -0.904. The molecule has 0 bridgehead atoms. The molecule has 3 aromatic rings. The third kappa shape index (κ3) is 7.75. The summed E-state index contributed by atoms with van der Waals surface area (Å²) < 4.78 is 0. The zero-order valence-corrected chi connectivity index (χ0v) is 24.2. The molecule has 2 N–H and O–H groups in total.